The second-order valence-electron chi connectivity index (χ2n) is 5.20. The minimum atomic E-state index is -3.43. The summed E-state index contributed by atoms with van der Waals surface area (Å²) in [7, 11) is -3.43. The Hall–Kier alpha value is -1.93. The molecule has 1 aliphatic rings. The van der Waals surface area contributed by atoms with Crippen molar-refractivity contribution >= 4 is 21.7 Å². The molecule has 22 heavy (non-hydrogen) atoms. The van der Waals surface area contributed by atoms with Crippen molar-refractivity contribution in [1.29, 1.82) is 0 Å². The predicted molar refractivity (Wildman–Crippen MR) is 77.6 cm³/mol. The number of aliphatic carboxylic acids is 1. The molecule has 120 valence electrons. The Bertz CT molecular complexity index is 712. The highest BCUT2D eigenvalue weighted by atomic mass is 32.2. The molecule has 8 heteroatoms. The van der Waals surface area contributed by atoms with Crippen LogP contribution in [0.5, 0.6) is 0 Å². The average Bonchev–Trinajstić information content (AvgIpc) is 2.46. The lowest BCUT2D eigenvalue weighted by atomic mass is 10.1. The van der Waals surface area contributed by atoms with Crippen molar-refractivity contribution in [2.45, 2.75) is 17.9 Å². The van der Waals surface area contributed by atoms with Gasteiger partial charge in [-0.2, -0.15) is 0 Å². The molecule has 0 bridgehead atoms. The Balaban J connectivity index is 2.28. The number of sulfone groups is 1. The summed E-state index contributed by atoms with van der Waals surface area (Å²) in [6.07, 6.45) is 0.0243. The maximum atomic E-state index is 12.4. The first-order chi connectivity index (χ1) is 10.2. The lowest BCUT2D eigenvalue weighted by molar-refractivity contribution is -0.154. The van der Waals surface area contributed by atoms with Crippen LogP contribution in [0.2, 0.25) is 0 Å². The van der Waals surface area contributed by atoms with Crippen molar-refractivity contribution in [2.75, 3.05) is 26.0 Å². The van der Waals surface area contributed by atoms with E-state index in [1.165, 1.54) is 17.0 Å². The van der Waals surface area contributed by atoms with E-state index in [0.29, 0.717) is 5.56 Å². The lowest BCUT2D eigenvalue weighted by Gasteiger charge is -2.31. The molecule has 0 aliphatic carbocycles. The second kappa shape index (κ2) is 6.05. The van der Waals surface area contributed by atoms with Crippen LogP contribution < -0.4 is 0 Å². The van der Waals surface area contributed by atoms with E-state index in [4.69, 9.17) is 9.84 Å². The molecule has 0 saturated carbocycles. The lowest BCUT2D eigenvalue weighted by Crippen LogP contribution is -2.48. The van der Waals surface area contributed by atoms with Crippen molar-refractivity contribution < 1.29 is 27.9 Å². The van der Waals surface area contributed by atoms with Crippen LogP contribution in [-0.2, 0) is 19.4 Å². The molecule has 0 unspecified atom stereocenters. The molecule has 1 heterocycles. The third-order valence-electron chi connectivity index (χ3n) is 3.46. The van der Waals surface area contributed by atoms with Gasteiger partial charge in [-0.25, -0.2) is 13.2 Å². The summed E-state index contributed by atoms with van der Waals surface area (Å²) in [4.78, 5) is 24.8. The number of carboxylic acid groups (broad SMARTS) is 1. The van der Waals surface area contributed by atoms with E-state index < -0.39 is 27.8 Å². The molecule has 1 aromatic carbocycles. The first kappa shape index (κ1) is 16.4. The molecule has 1 N–H and O–H groups in total. The molecule has 1 atom stereocenters. The van der Waals surface area contributed by atoms with Gasteiger partial charge in [0.2, 0.25) is 0 Å². The van der Waals surface area contributed by atoms with E-state index in [9.17, 15) is 18.0 Å². The number of rotatable bonds is 3. The SMILES string of the molecule is Cc1ccc(C(=O)N2CCO[C@H](C(=O)O)C2)cc1S(C)(=O)=O. The zero-order chi connectivity index (χ0) is 16.5. The zero-order valence-electron chi connectivity index (χ0n) is 12.3. The molecule has 0 spiro atoms. The van der Waals surface area contributed by atoms with Gasteiger partial charge in [0.15, 0.2) is 15.9 Å². The van der Waals surface area contributed by atoms with Gasteiger partial charge in [0.1, 0.15) is 0 Å². The van der Waals surface area contributed by atoms with Crippen molar-refractivity contribution in [3.63, 3.8) is 0 Å². The molecule has 1 aromatic rings. The number of morpholine rings is 1. The Morgan fingerprint density at radius 2 is 2.05 bits per heavy atom. The fourth-order valence-electron chi connectivity index (χ4n) is 2.30. The van der Waals surface area contributed by atoms with Crippen LogP contribution in [0, 0.1) is 6.92 Å². The number of carbonyl (C=O) groups excluding carboxylic acids is 1. The average molecular weight is 327 g/mol. The number of hydrogen-bond donors (Lipinski definition) is 1. The van der Waals surface area contributed by atoms with Crippen LogP contribution in [0.3, 0.4) is 0 Å². The Morgan fingerprint density at radius 3 is 2.64 bits per heavy atom. The fraction of sp³-hybridized carbons (Fsp3) is 0.429. The van der Waals surface area contributed by atoms with Crippen LogP contribution in [0.25, 0.3) is 0 Å². The van der Waals surface area contributed by atoms with Gasteiger partial charge in [-0.15, -0.1) is 0 Å². The maximum Gasteiger partial charge on any atom is 0.334 e. The van der Waals surface area contributed by atoms with Crippen LogP contribution in [-0.4, -0.2) is 62.4 Å². The third kappa shape index (κ3) is 3.45. The standard InChI is InChI=1S/C14H17NO6S/c1-9-3-4-10(7-12(9)22(2,19)20)13(16)15-5-6-21-11(8-15)14(17)18/h3-4,7,11H,5-6,8H2,1-2H3,(H,17,18)/t11-/m0/s1. The van der Waals surface area contributed by atoms with E-state index in [1.54, 1.807) is 13.0 Å². The number of carboxylic acids is 1. The van der Waals surface area contributed by atoms with E-state index in [-0.39, 0.29) is 30.2 Å². The molecule has 0 aromatic heterocycles. The van der Waals surface area contributed by atoms with E-state index >= 15 is 0 Å². The van der Waals surface area contributed by atoms with Crippen LogP contribution in [0.4, 0.5) is 0 Å². The normalized spacial score (nSPS) is 19.0. The fourth-order valence-corrected chi connectivity index (χ4v) is 3.29. The summed E-state index contributed by atoms with van der Waals surface area (Å²) in [5, 5.41) is 8.95. The number of aryl methyl sites for hydroxylation is 1. The first-order valence-corrected chi connectivity index (χ1v) is 8.53. The molecule has 0 radical (unpaired) electrons. The van der Waals surface area contributed by atoms with Gasteiger partial charge in [-0.05, 0) is 24.6 Å². The minimum absolute atomic E-state index is 0.0593. The third-order valence-corrected chi connectivity index (χ3v) is 4.70. The smallest absolute Gasteiger partial charge is 0.334 e. The number of hydrogen-bond acceptors (Lipinski definition) is 5. The Morgan fingerprint density at radius 1 is 1.36 bits per heavy atom. The predicted octanol–water partition coefficient (Wildman–Crippen LogP) is 0.324. The summed E-state index contributed by atoms with van der Waals surface area (Å²) in [5.41, 5.74) is 0.779. The zero-order valence-corrected chi connectivity index (χ0v) is 13.1. The summed E-state index contributed by atoms with van der Waals surface area (Å²) in [6, 6.07) is 4.44. The molecule has 1 amide bonds. The molecular weight excluding hydrogens is 310 g/mol. The van der Waals surface area contributed by atoms with Gasteiger partial charge in [0, 0.05) is 18.4 Å². The number of amides is 1. The number of benzene rings is 1. The molecule has 1 fully saturated rings. The van der Waals surface area contributed by atoms with Crippen LogP contribution in [0.15, 0.2) is 23.1 Å². The van der Waals surface area contributed by atoms with Crippen LogP contribution in [0.1, 0.15) is 15.9 Å². The van der Waals surface area contributed by atoms with Gasteiger partial charge in [-0.3, -0.25) is 4.79 Å². The molecule has 2 rings (SSSR count). The largest absolute Gasteiger partial charge is 0.479 e. The molecule has 1 aliphatic heterocycles. The Labute approximate surface area is 128 Å². The quantitative estimate of drug-likeness (QED) is 0.858. The van der Waals surface area contributed by atoms with Crippen molar-refractivity contribution in [3.05, 3.63) is 29.3 Å². The highest BCUT2D eigenvalue weighted by molar-refractivity contribution is 7.90. The minimum Gasteiger partial charge on any atom is -0.479 e. The van der Waals surface area contributed by atoms with Crippen molar-refractivity contribution in [1.82, 2.24) is 4.90 Å². The van der Waals surface area contributed by atoms with Gasteiger partial charge in [0.25, 0.3) is 5.91 Å². The maximum absolute atomic E-state index is 12.4. The highest BCUT2D eigenvalue weighted by Gasteiger charge is 2.29. The van der Waals surface area contributed by atoms with Gasteiger partial charge >= 0.3 is 5.97 Å². The number of carbonyl (C=O) groups is 2. The number of ether oxygens (including phenoxy) is 1. The van der Waals surface area contributed by atoms with Gasteiger partial charge < -0.3 is 14.7 Å². The van der Waals surface area contributed by atoms with E-state index in [0.717, 1.165) is 6.26 Å². The summed E-state index contributed by atoms with van der Waals surface area (Å²) < 4.78 is 28.5. The summed E-state index contributed by atoms with van der Waals surface area (Å²) in [6.45, 7) is 1.99. The Kier molecular flexibility index (Phi) is 4.52. The number of nitrogens with zero attached hydrogens (tertiary/aromatic N) is 1. The molecule has 7 nitrogen and oxygen atoms in total. The highest BCUT2D eigenvalue weighted by Crippen LogP contribution is 2.19. The van der Waals surface area contributed by atoms with E-state index in [2.05, 4.69) is 0 Å². The van der Waals surface area contributed by atoms with Crippen LogP contribution >= 0.6 is 0 Å². The molecule has 1 saturated heterocycles. The monoisotopic (exact) mass is 327 g/mol. The topological polar surface area (TPSA) is 101 Å². The van der Waals surface area contributed by atoms with Crippen molar-refractivity contribution in [2.24, 2.45) is 0 Å². The summed E-state index contributed by atoms with van der Waals surface area (Å²) >= 11 is 0. The van der Waals surface area contributed by atoms with E-state index in [1.807, 2.05) is 0 Å². The van der Waals surface area contributed by atoms with Gasteiger partial charge in [0.05, 0.1) is 18.0 Å². The van der Waals surface area contributed by atoms with Gasteiger partial charge in [-0.1, -0.05) is 6.07 Å². The second-order valence-corrected chi connectivity index (χ2v) is 7.19. The van der Waals surface area contributed by atoms with Crippen molar-refractivity contribution in [3.8, 4) is 0 Å². The summed E-state index contributed by atoms with van der Waals surface area (Å²) in [5.74, 6) is -1.53. The first-order valence-electron chi connectivity index (χ1n) is 6.64. The molecular formula is C14H17NO6S.